The van der Waals surface area contributed by atoms with Crippen molar-refractivity contribution in [2.75, 3.05) is 51.4 Å². The molecule has 0 radical (unpaired) electrons. The minimum Gasteiger partial charge on any atom is -0.479 e. The second kappa shape index (κ2) is 25.6. The number of carbonyl (C=O) groups is 6. The lowest BCUT2D eigenvalue weighted by Crippen LogP contribution is -2.42. The Morgan fingerprint density at radius 1 is 1.00 bits per heavy atom. The molecule has 8 N–H and O–H groups in total. The molecule has 1 heterocycles. The van der Waals surface area contributed by atoms with Gasteiger partial charge in [0.05, 0.1) is 44.8 Å². The number of anilines is 1. The van der Waals surface area contributed by atoms with E-state index < -0.39 is 36.3 Å². The smallest absolute Gasteiger partial charge is 0.333 e. The van der Waals surface area contributed by atoms with Crippen molar-refractivity contribution in [3.63, 3.8) is 0 Å². The molecule has 288 valence electrons. The fourth-order valence-corrected chi connectivity index (χ4v) is 4.07. The molecule has 1 aliphatic heterocycles. The molecule has 0 aliphatic carbocycles. The molecule has 2 rings (SSSR count). The van der Waals surface area contributed by atoms with E-state index in [1.54, 1.807) is 6.07 Å². The zero-order valence-corrected chi connectivity index (χ0v) is 29.6. The Balaban J connectivity index is 0.000000532. The monoisotopic (exact) mass is 727 g/mol. The maximum Gasteiger partial charge on any atom is 0.333 e. The van der Waals surface area contributed by atoms with E-state index in [0.29, 0.717) is 70.3 Å². The van der Waals surface area contributed by atoms with Crippen LogP contribution < -0.4 is 31.7 Å². The molecule has 0 aromatic heterocycles. The van der Waals surface area contributed by atoms with E-state index in [-0.39, 0.29) is 55.3 Å². The summed E-state index contributed by atoms with van der Waals surface area (Å²) in [6.07, 6.45) is -2.22. The van der Waals surface area contributed by atoms with Crippen LogP contribution in [0.4, 0.5) is 5.69 Å². The second-order valence-corrected chi connectivity index (χ2v) is 11.8. The Labute approximate surface area is 297 Å². The predicted octanol–water partition coefficient (Wildman–Crippen LogP) is -0.201. The molecule has 3 unspecified atom stereocenters. The highest BCUT2D eigenvalue weighted by molar-refractivity contribution is 5.94. The van der Waals surface area contributed by atoms with Crippen molar-refractivity contribution in [1.82, 2.24) is 16.0 Å². The number of hydrogen-bond donors (Lipinski definition) is 7. The molecule has 0 saturated carbocycles. The summed E-state index contributed by atoms with van der Waals surface area (Å²) in [5.41, 5.74) is 6.03. The van der Waals surface area contributed by atoms with Gasteiger partial charge in [-0.15, -0.1) is 0 Å². The second-order valence-electron chi connectivity index (χ2n) is 11.8. The topological polar surface area (TPSA) is 263 Å². The molecular formula is C33H53N5O13. The van der Waals surface area contributed by atoms with Gasteiger partial charge < -0.3 is 60.9 Å². The van der Waals surface area contributed by atoms with Gasteiger partial charge >= 0.3 is 11.9 Å². The van der Waals surface area contributed by atoms with Crippen LogP contribution in [0.3, 0.4) is 0 Å². The normalized spacial score (nSPS) is 17.2. The molecule has 4 atom stereocenters. The van der Waals surface area contributed by atoms with Crippen LogP contribution in [0.2, 0.25) is 0 Å². The Morgan fingerprint density at radius 2 is 1.71 bits per heavy atom. The number of carboxylic acids is 1. The van der Waals surface area contributed by atoms with E-state index in [4.69, 9.17) is 34.5 Å². The summed E-state index contributed by atoms with van der Waals surface area (Å²) >= 11 is 0. The number of benzene rings is 1. The van der Waals surface area contributed by atoms with Gasteiger partial charge in [-0.05, 0) is 30.5 Å². The predicted molar refractivity (Wildman–Crippen MR) is 182 cm³/mol. The minimum atomic E-state index is -1.23. The molecule has 1 fully saturated rings. The number of nitrogens with one attached hydrogen (secondary N) is 4. The lowest BCUT2D eigenvalue weighted by molar-refractivity contribution is -0.195. The summed E-state index contributed by atoms with van der Waals surface area (Å²) in [5, 5.41) is 29.4. The maximum atomic E-state index is 11.9. The third-order valence-corrected chi connectivity index (χ3v) is 7.08. The van der Waals surface area contributed by atoms with Gasteiger partial charge in [0.25, 0.3) is 0 Å². The lowest BCUT2D eigenvalue weighted by Gasteiger charge is -2.31. The third kappa shape index (κ3) is 20.8. The number of aliphatic hydroxyl groups excluding tert-OH is 1. The number of amides is 4. The van der Waals surface area contributed by atoms with Crippen LogP contribution in [-0.4, -0.2) is 117 Å². The molecule has 1 aliphatic rings. The highest BCUT2D eigenvalue weighted by Gasteiger charge is 2.34. The number of ether oxygens (including phenoxy) is 5. The molecule has 18 nitrogen and oxygen atoms in total. The number of aliphatic hydroxyl groups is 1. The van der Waals surface area contributed by atoms with Crippen LogP contribution in [0.25, 0.3) is 0 Å². The van der Waals surface area contributed by atoms with E-state index in [2.05, 4.69) is 35.1 Å². The zero-order valence-electron chi connectivity index (χ0n) is 29.6. The largest absolute Gasteiger partial charge is 0.479 e. The molecule has 1 aromatic carbocycles. The molecule has 18 heteroatoms. The van der Waals surface area contributed by atoms with Crippen molar-refractivity contribution >= 4 is 41.8 Å². The van der Waals surface area contributed by atoms with Crippen LogP contribution in [0.1, 0.15) is 58.9 Å². The van der Waals surface area contributed by atoms with Crippen molar-refractivity contribution in [1.29, 1.82) is 0 Å². The first-order chi connectivity index (χ1) is 24.2. The molecular weight excluding hydrogens is 674 g/mol. The molecule has 1 aromatic rings. The first-order valence-corrected chi connectivity index (χ1v) is 16.6. The number of aliphatic carboxylic acids is 1. The van der Waals surface area contributed by atoms with E-state index in [1.807, 2.05) is 6.92 Å². The summed E-state index contributed by atoms with van der Waals surface area (Å²) in [4.78, 5) is 67.1. The van der Waals surface area contributed by atoms with Crippen LogP contribution in [-0.2, 0) is 54.3 Å². The van der Waals surface area contributed by atoms with Gasteiger partial charge in [-0.2, -0.15) is 0 Å². The van der Waals surface area contributed by atoms with E-state index >= 15 is 0 Å². The fraction of sp³-hybridized carbons (Fsp3) is 0.636. The maximum absolute atomic E-state index is 11.9. The highest BCUT2D eigenvalue weighted by Crippen LogP contribution is 2.30. The SMILES string of the molecule is CC(=O)OCc1ccc(NC(=O)CNC=O)c(OC2CC(O)C[C@@H](C(=O)O)O2)c1.CC(C)C(C)NC(=O)CCOCCOCCNC(=O)CCN. The number of esters is 1. The zero-order chi connectivity index (χ0) is 38.2. The van der Waals surface area contributed by atoms with Gasteiger partial charge in [0, 0.05) is 51.7 Å². The number of nitrogens with two attached hydrogens (primary N) is 1. The highest BCUT2D eigenvalue weighted by atomic mass is 16.7. The summed E-state index contributed by atoms with van der Waals surface area (Å²) < 4.78 is 26.6. The van der Waals surface area contributed by atoms with Crippen LogP contribution >= 0.6 is 0 Å². The van der Waals surface area contributed by atoms with Gasteiger partial charge in [-0.25, -0.2) is 4.79 Å². The van der Waals surface area contributed by atoms with Crippen molar-refractivity contribution < 1.29 is 62.7 Å². The van der Waals surface area contributed by atoms with Gasteiger partial charge in [-0.1, -0.05) is 19.9 Å². The van der Waals surface area contributed by atoms with Crippen molar-refractivity contribution in [2.24, 2.45) is 11.7 Å². The molecule has 0 spiro atoms. The Kier molecular flexibility index (Phi) is 22.4. The van der Waals surface area contributed by atoms with Gasteiger partial charge in [0.2, 0.25) is 30.4 Å². The average molecular weight is 728 g/mol. The van der Waals surface area contributed by atoms with Crippen molar-refractivity contribution in [3.8, 4) is 5.75 Å². The summed E-state index contributed by atoms with van der Waals surface area (Å²) in [6.45, 7) is 9.59. The molecule has 51 heavy (non-hydrogen) atoms. The molecule has 4 amide bonds. The van der Waals surface area contributed by atoms with Crippen molar-refractivity contribution in [3.05, 3.63) is 23.8 Å². The Morgan fingerprint density at radius 3 is 2.33 bits per heavy atom. The number of rotatable bonds is 22. The number of hydrogen-bond acceptors (Lipinski definition) is 13. The van der Waals surface area contributed by atoms with E-state index in [1.165, 1.54) is 19.1 Å². The van der Waals surface area contributed by atoms with Gasteiger partial charge in [-0.3, -0.25) is 24.0 Å². The lowest BCUT2D eigenvalue weighted by atomic mass is 10.1. The standard InChI is InChI=1S/C18H22N2O9.C15H31N3O4/c1-10(22)27-8-11-2-3-13(20-16(24)7-19-9-21)14(4-11)28-17-6-12(23)5-15(29-17)18(25)26;1-12(2)13(3)18-15(20)5-8-21-10-11-22-9-7-17-14(19)4-6-16/h2-4,9,12,15,17,23H,5-8H2,1H3,(H,19,21)(H,20,24)(H,25,26);12-13H,4-11,16H2,1-3H3,(H,17,19)(H,18,20)/t12?,15-,17?;/m0./s1. The Bertz CT molecular complexity index is 1250. The summed E-state index contributed by atoms with van der Waals surface area (Å²) in [5.74, 6) is -1.75. The minimum absolute atomic E-state index is 0.00438. The summed E-state index contributed by atoms with van der Waals surface area (Å²) in [6, 6.07) is 4.76. The van der Waals surface area contributed by atoms with Crippen LogP contribution in [0.5, 0.6) is 5.75 Å². The van der Waals surface area contributed by atoms with Crippen LogP contribution in [0.15, 0.2) is 18.2 Å². The van der Waals surface area contributed by atoms with Gasteiger partial charge in [0.15, 0.2) is 6.10 Å². The Hall–Kier alpha value is -4.36. The molecule has 1 saturated heterocycles. The first-order valence-electron chi connectivity index (χ1n) is 16.6. The number of carboxylic acid groups (broad SMARTS) is 1. The first kappa shape index (κ1) is 44.7. The van der Waals surface area contributed by atoms with E-state index in [9.17, 15) is 33.9 Å². The van der Waals surface area contributed by atoms with Crippen LogP contribution in [0, 0.1) is 5.92 Å². The number of carbonyl (C=O) groups excluding carboxylic acids is 5. The van der Waals surface area contributed by atoms with Gasteiger partial charge in [0.1, 0.15) is 12.4 Å². The summed E-state index contributed by atoms with van der Waals surface area (Å²) in [7, 11) is 0. The van der Waals surface area contributed by atoms with Crippen molar-refractivity contribution in [2.45, 2.75) is 84.5 Å². The third-order valence-electron chi connectivity index (χ3n) is 7.08. The molecule has 0 bridgehead atoms. The quantitative estimate of drug-likeness (QED) is 0.0464. The fourth-order valence-electron chi connectivity index (χ4n) is 4.07. The average Bonchev–Trinajstić information content (AvgIpc) is 3.06. The van der Waals surface area contributed by atoms with E-state index in [0.717, 1.165) is 0 Å².